The van der Waals surface area contributed by atoms with Gasteiger partial charge in [0.2, 0.25) is 0 Å². The SMILES string of the molecule is NP(N)(=O)Nc1cncnc1. The van der Waals surface area contributed by atoms with Crippen LogP contribution < -0.4 is 16.1 Å². The van der Waals surface area contributed by atoms with Gasteiger partial charge in [-0.3, -0.25) is 15.6 Å². The van der Waals surface area contributed by atoms with Gasteiger partial charge in [-0.25, -0.2) is 9.97 Å². The van der Waals surface area contributed by atoms with E-state index in [-0.39, 0.29) is 0 Å². The van der Waals surface area contributed by atoms with Crippen molar-refractivity contribution in [3.8, 4) is 0 Å². The van der Waals surface area contributed by atoms with Gasteiger partial charge in [-0.2, -0.15) is 0 Å². The number of nitrogens with one attached hydrogen (secondary N) is 1. The second-order valence-corrected chi connectivity index (χ2v) is 3.59. The van der Waals surface area contributed by atoms with Crippen molar-refractivity contribution in [2.24, 2.45) is 11.0 Å². The van der Waals surface area contributed by atoms with Crippen LogP contribution in [0.25, 0.3) is 0 Å². The first-order valence-corrected chi connectivity index (χ1v) is 4.63. The monoisotopic (exact) mass is 173 g/mol. The number of anilines is 1. The van der Waals surface area contributed by atoms with Crippen LogP contribution >= 0.6 is 7.59 Å². The molecule has 0 fully saturated rings. The van der Waals surface area contributed by atoms with Crippen molar-refractivity contribution >= 4 is 13.3 Å². The molecule has 0 unspecified atom stereocenters. The van der Waals surface area contributed by atoms with Crippen LogP contribution in [0, 0.1) is 0 Å². The Kier molecular flexibility index (Phi) is 2.19. The zero-order chi connectivity index (χ0) is 8.32. The minimum atomic E-state index is -3.22. The lowest BCUT2D eigenvalue weighted by atomic mass is 10.6. The lowest BCUT2D eigenvalue weighted by Crippen LogP contribution is -2.13. The van der Waals surface area contributed by atoms with E-state index in [2.05, 4.69) is 15.1 Å². The minimum absolute atomic E-state index is 0.445. The number of nitrogens with two attached hydrogens (primary N) is 2. The van der Waals surface area contributed by atoms with Crippen molar-refractivity contribution in [3.05, 3.63) is 18.7 Å². The number of nitrogens with zero attached hydrogens (tertiary/aromatic N) is 2. The van der Waals surface area contributed by atoms with Crippen LogP contribution in [0.2, 0.25) is 0 Å². The van der Waals surface area contributed by atoms with E-state index < -0.39 is 7.59 Å². The number of rotatable bonds is 2. The Morgan fingerprint density at radius 1 is 1.36 bits per heavy atom. The Labute approximate surface area is 63.6 Å². The number of hydrogen-bond acceptors (Lipinski definition) is 3. The maximum atomic E-state index is 10.8. The fourth-order valence-electron chi connectivity index (χ4n) is 0.559. The molecule has 0 aliphatic heterocycles. The first kappa shape index (κ1) is 8.13. The third-order valence-electron chi connectivity index (χ3n) is 0.864. The molecule has 0 spiro atoms. The molecule has 7 heteroatoms. The summed E-state index contributed by atoms with van der Waals surface area (Å²) in [6.07, 6.45) is 4.21. The quantitative estimate of drug-likeness (QED) is 0.539. The van der Waals surface area contributed by atoms with Gasteiger partial charge in [-0.05, 0) is 0 Å². The summed E-state index contributed by atoms with van der Waals surface area (Å²) in [5.41, 5.74) is 10.5. The van der Waals surface area contributed by atoms with Crippen LogP contribution in [0.15, 0.2) is 18.7 Å². The van der Waals surface area contributed by atoms with E-state index in [4.69, 9.17) is 11.0 Å². The van der Waals surface area contributed by atoms with Crippen molar-refractivity contribution in [2.75, 3.05) is 5.09 Å². The van der Waals surface area contributed by atoms with Crippen LogP contribution in [0.5, 0.6) is 0 Å². The Morgan fingerprint density at radius 3 is 2.36 bits per heavy atom. The first-order valence-electron chi connectivity index (χ1n) is 2.78. The van der Waals surface area contributed by atoms with E-state index in [1.54, 1.807) is 0 Å². The second kappa shape index (κ2) is 2.96. The second-order valence-electron chi connectivity index (χ2n) is 1.95. The van der Waals surface area contributed by atoms with Gasteiger partial charge in [0.1, 0.15) is 6.33 Å². The molecule has 11 heavy (non-hydrogen) atoms. The molecule has 1 aromatic rings. The maximum absolute atomic E-state index is 10.8. The molecule has 60 valence electrons. The van der Waals surface area contributed by atoms with Gasteiger partial charge in [0.05, 0.1) is 18.1 Å². The summed E-state index contributed by atoms with van der Waals surface area (Å²) in [4.78, 5) is 7.33. The average Bonchev–Trinajstić information content (AvgIpc) is 1.85. The highest BCUT2D eigenvalue weighted by Crippen LogP contribution is 2.25. The average molecular weight is 173 g/mol. The molecular weight excluding hydrogens is 165 g/mol. The molecule has 0 bridgehead atoms. The van der Waals surface area contributed by atoms with E-state index in [1.807, 2.05) is 0 Å². The van der Waals surface area contributed by atoms with Gasteiger partial charge in [0, 0.05) is 0 Å². The molecule has 1 aromatic heterocycles. The molecule has 0 atom stereocenters. The van der Waals surface area contributed by atoms with Crippen molar-refractivity contribution in [1.29, 1.82) is 0 Å². The van der Waals surface area contributed by atoms with Crippen molar-refractivity contribution < 1.29 is 4.57 Å². The Bertz CT molecular complexity index is 269. The molecule has 5 N–H and O–H groups in total. The number of hydrogen-bond donors (Lipinski definition) is 3. The summed E-state index contributed by atoms with van der Waals surface area (Å²) >= 11 is 0. The topological polar surface area (TPSA) is 107 Å². The van der Waals surface area contributed by atoms with E-state index in [0.717, 1.165) is 0 Å². The molecule has 1 rings (SSSR count). The Balaban J connectivity index is 2.74. The normalized spacial score (nSPS) is 11.1. The Morgan fingerprint density at radius 2 is 1.91 bits per heavy atom. The maximum Gasteiger partial charge on any atom is 0.298 e. The minimum Gasteiger partial charge on any atom is -0.310 e. The van der Waals surface area contributed by atoms with Crippen molar-refractivity contribution in [3.63, 3.8) is 0 Å². The lowest BCUT2D eigenvalue weighted by Gasteiger charge is -2.07. The third kappa shape index (κ3) is 3.08. The molecule has 0 aliphatic carbocycles. The molecule has 0 saturated carbocycles. The first-order chi connectivity index (χ1) is 5.08. The fourth-order valence-corrected chi connectivity index (χ4v) is 1.08. The molecule has 1 heterocycles. The van der Waals surface area contributed by atoms with E-state index in [1.165, 1.54) is 18.7 Å². The summed E-state index contributed by atoms with van der Waals surface area (Å²) in [5.74, 6) is 0. The van der Waals surface area contributed by atoms with Gasteiger partial charge in [-0.1, -0.05) is 0 Å². The van der Waals surface area contributed by atoms with Gasteiger partial charge >= 0.3 is 0 Å². The van der Waals surface area contributed by atoms with E-state index in [9.17, 15) is 4.57 Å². The predicted octanol–water partition coefficient (Wildman–Crippen LogP) is -0.0860. The molecule has 0 amide bonds. The van der Waals surface area contributed by atoms with Crippen LogP contribution in [0.3, 0.4) is 0 Å². The standard InChI is InChI=1S/C4H8N5OP/c5-11(6,10)9-4-1-7-3-8-2-4/h1-3H,(H5,5,6,9,10). The molecular formula is C4H8N5OP. The fraction of sp³-hybridized carbons (Fsp3) is 0. The van der Waals surface area contributed by atoms with Gasteiger partial charge in [0.25, 0.3) is 7.59 Å². The Hall–Kier alpha value is -0.970. The van der Waals surface area contributed by atoms with E-state index in [0.29, 0.717) is 5.69 Å². The van der Waals surface area contributed by atoms with Crippen LogP contribution in [0.1, 0.15) is 0 Å². The highest BCUT2D eigenvalue weighted by atomic mass is 31.2. The summed E-state index contributed by atoms with van der Waals surface area (Å²) in [7, 11) is -3.22. The smallest absolute Gasteiger partial charge is 0.298 e. The van der Waals surface area contributed by atoms with Crippen molar-refractivity contribution in [2.45, 2.75) is 0 Å². The van der Waals surface area contributed by atoms with E-state index >= 15 is 0 Å². The van der Waals surface area contributed by atoms with Crippen LogP contribution in [-0.4, -0.2) is 9.97 Å². The lowest BCUT2D eigenvalue weighted by molar-refractivity contribution is 0.580. The zero-order valence-corrected chi connectivity index (χ0v) is 6.53. The molecule has 6 nitrogen and oxygen atoms in total. The molecule has 0 radical (unpaired) electrons. The summed E-state index contributed by atoms with van der Waals surface area (Å²) in [5, 5.41) is 2.37. The highest BCUT2D eigenvalue weighted by Gasteiger charge is 2.06. The van der Waals surface area contributed by atoms with Crippen LogP contribution in [-0.2, 0) is 4.57 Å². The van der Waals surface area contributed by atoms with Crippen LogP contribution in [0.4, 0.5) is 5.69 Å². The predicted molar refractivity (Wildman–Crippen MR) is 41.6 cm³/mol. The van der Waals surface area contributed by atoms with Gasteiger partial charge in [-0.15, -0.1) is 0 Å². The summed E-state index contributed by atoms with van der Waals surface area (Å²) in [6, 6.07) is 0. The van der Waals surface area contributed by atoms with Crippen molar-refractivity contribution in [1.82, 2.24) is 9.97 Å². The summed E-state index contributed by atoms with van der Waals surface area (Å²) in [6.45, 7) is 0. The van der Waals surface area contributed by atoms with Gasteiger partial charge in [0.15, 0.2) is 0 Å². The molecule has 0 aliphatic rings. The summed E-state index contributed by atoms with van der Waals surface area (Å²) < 4.78 is 10.8. The number of aromatic nitrogens is 2. The largest absolute Gasteiger partial charge is 0.310 e. The zero-order valence-electron chi connectivity index (χ0n) is 5.64. The molecule has 0 aromatic carbocycles. The third-order valence-corrected chi connectivity index (χ3v) is 1.47. The van der Waals surface area contributed by atoms with Gasteiger partial charge < -0.3 is 5.09 Å². The molecule has 0 saturated heterocycles. The highest BCUT2D eigenvalue weighted by molar-refractivity contribution is 7.60.